The lowest BCUT2D eigenvalue weighted by atomic mass is 9.92. The number of fused-ring (bicyclic) bond motifs is 1. The van der Waals surface area contributed by atoms with Gasteiger partial charge in [0.2, 0.25) is 5.78 Å². The molecule has 2 aliphatic rings. The van der Waals surface area contributed by atoms with Gasteiger partial charge in [0.25, 0.3) is 0 Å². The highest BCUT2D eigenvalue weighted by Crippen LogP contribution is 2.35. The summed E-state index contributed by atoms with van der Waals surface area (Å²) < 4.78 is 14.1. The highest BCUT2D eigenvalue weighted by Gasteiger charge is 2.32. The van der Waals surface area contributed by atoms with Gasteiger partial charge in [-0.15, -0.1) is 11.3 Å². The van der Waals surface area contributed by atoms with Crippen molar-refractivity contribution in [2.24, 2.45) is 4.99 Å². The molecule has 0 bridgehead atoms. The van der Waals surface area contributed by atoms with Crippen LogP contribution in [0.4, 0.5) is 4.39 Å². The van der Waals surface area contributed by atoms with E-state index in [0.29, 0.717) is 21.2 Å². The van der Waals surface area contributed by atoms with Crippen molar-refractivity contribution < 1.29 is 14.3 Å². The molecule has 0 spiro atoms. The van der Waals surface area contributed by atoms with Gasteiger partial charge in [0.05, 0.1) is 16.2 Å². The molecule has 0 aromatic carbocycles. The van der Waals surface area contributed by atoms with Crippen LogP contribution in [0.1, 0.15) is 27.9 Å². The first-order chi connectivity index (χ1) is 10.0. The van der Waals surface area contributed by atoms with Crippen LogP contribution in [0.5, 0.6) is 0 Å². The number of aliphatic hydroxyl groups is 1. The van der Waals surface area contributed by atoms with E-state index < -0.39 is 17.4 Å². The molecular formula is C15H9FN2O2S. The third kappa shape index (κ3) is 2.12. The van der Waals surface area contributed by atoms with Gasteiger partial charge >= 0.3 is 0 Å². The second kappa shape index (κ2) is 4.79. The molecule has 1 aromatic rings. The number of nitriles is 1. The molecule has 21 heavy (non-hydrogen) atoms. The summed E-state index contributed by atoms with van der Waals surface area (Å²) in [4.78, 5) is 17.2. The van der Waals surface area contributed by atoms with Crippen LogP contribution in [-0.2, 0) is 0 Å². The van der Waals surface area contributed by atoms with Gasteiger partial charge in [-0.1, -0.05) is 0 Å². The van der Waals surface area contributed by atoms with E-state index >= 15 is 0 Å². The Morgan fingerprint density at radius 3 is 2.95 bits per heavy atom. The second-order valence-corrected chi connectivity index (χ2v) is 5.76. The number of aliphatic hydroxyl groups excluding tert-OH is 1. The number of halogens is 1. The number of carbonyl (C=O) groups excluding carboxylic acids is 1. The molecule has 0 atom stereocenters. The average molecular weight is 300 g/mol. The topological polar surface area (TPSA) is 73.4 Å². The molecule has 1 aliphatic carbocycles. The minimum atomic E-state index is -0.822. The van der Waals surface area contributed by atoms with E-state index in [0.717, 1.165) is 11.3 Å². The molecule has 4 nitrogen and oxygen atoms in total. The minimum Gasteiger partial charge on any atom is -0.505 e. The van der Waals surface area contributed by atoms with Crippen LogP contribution in [0.3, 0.4) is 0 Å². The zero-order valence-electron chi connectivity index (χ0n) is 11.0. The van der Waals surface area contributed by atoms with E-state index in [4.69, 9.17) is 5.26 Å². The summed E-state index contributed by atoms with van der Waals surface area (Å²) in [6.07, 6.45) is 1.63. The summed E-state index contributed by atoms with van der Waals surface area (Å²) in [5, 5.41) is 18.7. The summed E-state index contributed by atoms with van der Waals surface area (Å²) in [6, 6.07) is 4.97. The number of rotatable bonds is 2. The smallest absolute Gasteiger partial charge is 0.203 e. The molecule has 0 saturated heterocycles. The van der Waals surface area contributed by atoms with E-state index in [1.54, 1.807) is 13.0 Å². The molecule has 1 aromatic heterocycles. The van der Waals surface area contributed by atoms with Crippen molar-refractivity contribution in [3.8, 4) is 6.07 Å². The fourth-order valence-corrected chi connectivity index (χ4v) is 3.06. The Balaban J connectivity index is 2.03. The van der Waals surface area contributed by atoms with E-state index in [1.807, 2.05) is 6.07 Å². The van der Waals surface area contributed by atoms with Gasteiger partial charge in [0, 0.05) is 17.7 Å². The van der Waals surface area contributed by atoms with Crippen molar-refractivity contribution >= 4 is 22.8 Å². The van der Waals surface area contributed by atoms with Crippen LogP contribution in [0, 0.1) is 11.3 Å². The fraction of sp³-hybridized carbons (Fsp3) is 0.133. The Bertz CT molecular complexity index is 834. The third-order valence-electron chi connectivity index (χ3n) is 3.26. The maximum atomic E-state index is 14.1. The highest BCUT2D eigenvalue weighted by atomic mass is 32.1. The number of thiophene rings is 1. The van der Waals surface area contributed by atoms with E-state index in [-0.39, 0.29) is 17.6 Å². The maximum absolute atomic E-state index is 14.1. The predicted molar refractivity (Wildman–Crippen MR) is 77.0 cm³/mol. The van der Waals surface area contributed by atoms with Crippen LogP contribution in [-0.4, -0.2) is 16.6 Å². The number of carbonyl (C=O) groups is 1. The van der Waals surface area contributed by atoms with Gasteiger partial charge in [-0.2, -0.15) is 5.26 Å². The molecule has 0 radical (unpaired) electrons. The molecular weight excluding hydrogens is 291 g/mol. The predicted octanol–water partition coefficient (Wildman–Crippen LogP) is 3.60. The molecule has 1 N–H and O–H groups in total. The molecule has 0 fully saturated rings. The van der Waals surface area contributed by atoms with Crippen LogP contribution in [0.2, 0.25) is 0 Å². The van der Waals surface area contributed by atoms with E-state index in [1.165, 1.54) is 12.1 Å². The number of hydrogen-bond acceptors (Lipinski definition) is 5. The van der Waals surface area contributed by atoms with Crippen molar-refractivity contribution in [1.82, 2.24) is 0 Å². The Morgan fingerprint density at radius 2 is 2.29 bits per heavy atom. The van der Waals surface area contributed by atoms with Crippen molar-refractivity contribution in [2.75, 3.05) is 0 Å². The molecule has 0 unspecified atom stereocenters. The molecule has 2 heterocycles. The number of Topliss-reactive ketones (excluding diaryl/α,β-unsaturated/α-hetero) is 1. The van der Waals surface area contributed by atoms with Crippen LogP contribution in [0.25, 0.3) is 0 Å². The van der Waals surface area contributed by atoms with Crippen molar-refractivity contribution in [3.63, 3.8) is 0 Å². The van der Waals surface area contributed by atoms with Crippen LogP contribution >= 0.6 is 11.3 Å². The molecule has 6 heteroatoms. The SMILES string of the molecule is CC1=CC2=C(F)C(O)=C(C(=O)c3ccc(C#N)s3)CC2=N1. The Hall–Kier alpha value is -2.52. The first kappa shape index (κ1) is 13.5. The van der Waals surface area contributed by atoms with E-state index in [9.17, 15) is 14.3 Å². The standard InChI is InChI=1S/C15H9FN2O2S/c1-7-4-9-11(18-7)5-10(15(20)13(9)16)14(19)12-3-2-8(6-17)21-12/h2-4,20H,5H2,1H3. The summed E-state index contributed by atoms with van der Waals surface area (Å²) in [5.41, 5.74) is 1.30. The summed E-state index contributed by atoms with van der Waals surface area (Å²) in [5.74, 6) is -1.93. The van der Waals surface area contributed by atoms with E-state index in [2.05, 4.69) is 4.99 Å². The summed E-state index contributed by atoms with van der Waals surface area (Å²) >= 11 is 1.02. The fourth-order valence-electron chi connectivity index (χ4n) is 2.29. The van der Waals surface area contributed by atoms with Crippen molar-refractivity contribution in [2.45, 2.75) is 13.3 Å². The van der Waals surface area contributed by atoms with Gasteiger partial charge in [-0.3, -0.25) is 9.79 Å². The monoisotopic (exact) mass is 300 g/mol. The molecule has 3 rings (SSSR count). The largest absolute Gasteiger partial charge is 0.505 e. The zero-order chi connectivity index (χ0) is 15.1. The highest BCUT2D eigenvalue weighted by molar-refractivity contribution is 7.14. The molecule has 0 amide bonds. The van der Waals surface area contributed by atoms with Gasteiger partial charge in [0.1, 0.15) is 10.9 Å². The molecule has 0 saturated carbocycles. The lowest BCUT2D eigenvalue weighted by Gasteiger charge is -2.15. The normalized spacial score (nSPS) is 17.4. The first-order valence-electron chi connectivity index (χ1n) is 6.14. The van der Waals surface area contributed by atoms with Gasteiger partial charge in [-0.05, 0) is 25.1 Å². The Kier molecular flexibility index (Phi) is 3.07. The summed E-state index contributed by atoms with van der Waals surface area (Å²) in [6.45, 7) is 1.72. The number of aliphatic imine (C=N–C) groups is 1. The van der Waals surface area contributed by atoms with Crippen LogP contribution in [0.15, 0.2) is 51.6 Å². The summed E-state index contributed by atoms with van der Waals surface area (Å²) in [7, 11) is 0. The van der Waals surface area contributed by atoms with Crippen LogP contribution < -0.4 is 0 Å². The Morgan fingerprint density at radius 1 is 1.52 bits per heavy atom. The number of ketones is 1. The lowest BCUT2D eigenvalue weighted by molar-refractivity contribution is 0.103. The number of nitrogens with zero attached hydrogens (tertiary/aromatic N) is 2. The zero-order valence-corrected chi connectivity index (χ0v) is 11.8. The average Bonchev–Trinajstić information content (AvgIpc) is 3.08. The third-order valence-corrected chi connectivity index (χ3v) is 4.25. The molecule has 104 valence electrons. The first-order valence-corrected chi connectivity index (χ1v) is 6.96. The second-order valence-electron chi connectivity index (χ2n) is 4.68. The van der Waals surface area contributed by atoms with Crippen molar-refractivity contribution in [3.05, 3.63) is 56.4 Å². The number of hydrogen-bond donors (Lipinski definition) is 1. The van der Waals surface area contributed by atoms with Gasteiger partial charge in [-0.25, -0.2) is 4.39 Å². The number of allylic oxidation sites excluding steroid dienone is 5. The van der Waals surface area contributed by atoms with Crippen molar-refractivity contribution in [1.29, 1.82) is 5.26 Å². The minimum absolute atomic E-state index is 0.0237. The Labute approximate surface area is 123 Å². The van der Waals surface area contributed by atoms with Gasteiger partial charge in [0.15, 0.2) is 11.6 Å². The lowest BCUT2D eigenvalue weighted by Crippen LogP contribution is -2.16. The quantitative estimate of drug-likeness (QED) is 0.848. The van der Waals surface area contributed by atoms with Gasteiger partial charge < -0.3 is 5.11 Å². The molecule has 1 aliphatic heterocycles. The maximum Gasteiger partial charge on any atom is 0.203 e.